The van der Waals surface area contributed by atoms with Crippen LogP contribution in [0, 0.1) is 0 Å². The van der Waals surface area contributed by atoms with Gasteiger partial charge in [0.2, 0.25) is 0 Å². The summed E-state index contributed by atoms with van der Waals surface area (Å²) in [5.41, 5.74) is 1.07. The van der Waals surface area contributed by atoms with E-state index >= 15 is 0 Å². The summed E-state index contributed by atoms with van der Waals surface area (Å²) in [6.07, 6.45) is 0.886. The number of halogens is 1. The number of ketones is 1. The summed E-state index contributed by atoms with van der Waals surface area (Å²) in [7, 11) is 5.28. The van der Waals surface area contributed by atoms with Crippen molar-refractivity contribution < 1.29 is 24.2 Å². The third-order valence-electron chi connectivity index (χ3n) is 5.42. The first-order valence-electron chi connectivity index (χ1n) is 10.8. The van der Waals surface area contributed by atoms with Crippen molar-refractivity contribution in [3.8, 4) is 11.5 Å². The number of carbonyl (C=O) groups excluding carboxylic acids is 2. The zero-order valence-corrected chi connectivity index (χ0v) is 20.1. The third kappa shape index (κ3) is 5.31. The van der Waals surface area contributed by atoms with Gasteiger partial charge < -0.3 is 24.4 Å². The SMILES string of the molecule is CCCOc1ccc(C2/C(=C(/O)c3ccc(OC)c(Cl)c3)C(=O)C(=O)N2CCN(C)C)cc1. The van der Waals surface area contributed by atoms with Crippen molar-refractivity contribution in [1.82, 2.24) is 9.80 Å². The summed E-state index contributed by atoms with van der Waals surface area (Å²) >= 11 is 6.23. The smallest absolute Gasteiger partial charge is 0.295 e. The highest BCUT2D eigenvalue weighted by atomic mass is 35.5. The molecule has 1 atom stereocenters. The highest BCUT2D eigenvalue weighted by Gasteiger charge is 2.45. The fourth-order valence-electron chi connectivity index (χ4n) is 3.70. The van der Waals surface area contributed by atoms with Gasteiger partial charge in [0, 0.05) is 18.7 Å². The highest BCUT2D eigenvalue weighted by molar-refractivity contribution is 6.46. The molecule has 0 saturated carbocycles. The Morgan fingerprint density at radius 1 is 1.15 bits per heavy atom. The van der Waals surface area contributed by atoms with E-state index in [1.165, 1.54) is 18.1 Å². The normalized spacial score (nSPS) is 17.6. The Labute approximate surface area is 199 Å². The minimum atomic E-state index is -0.731. The molecule has 2 aromatic rings. The lowest BCUT2D eigenvalue weighted by molar-refractivity contribution is -0.140. The molecule has 0 aliphatic carbocycles. The molecule has 2 aromatic carbocycles. The third-order valence-corrected chi connectivity index (χ3v) is 5.72. The predicted octanol–water partition coefficient (Wildman–Crippen LogP) is 4.12. The maximum atomic E-state index is 13.1. The molecule has 1 fully saturated rings. The quantitative estimate of drug-likeness (QED) is 0.336. The second-order valence-electron chi connectivity index (χ2n) is 8.06. The fourth-order valence-corrected chi connectivity index (χ4v) is 3.96. The molecule has 0 spiro atoms. The van der Waals surface area contributed by atoms with Crippen LogP contribution in [0.15, 0.2) is 48.0 Å². The van der Waals surface area contributed by atoms with Crippen LogP contribution in [-0.4, -0.2) is 67.5 Å². The summed E-state index contributed by atoms with van der Waals surface area (Å²) in [6, 6.07) is 11.2. The number of benzene rings is 2. The summed E-state index contributed by atoms with van der Waals surface area (Å²) in [4.78, 5) is 29.5. The van der Waals surface area contributed by atoms with Gasteiger partial charge in [0.15, 0.2) is 0 Å². The number of hydrogen-bond acceptors (Lipinski definition) is 6. The number of methoxy groups -OCH3 is 1. The van der Waals surface area contributed by atoms with E-state index < -0.39 is 17.7 Å². The Morgan fingerprint density at radius 2 is 1.85 bits per heavy atom. The second kappa shape index (κ2) is 10.7. The average molecular weight is 473 g/mol. The molecule has 8 heteroatoms. The molecule has 1 unspecified atom stereocenters. The van der Waals surface area contributed by atoms with E-state index in [9.17, 15) is 14.7 Å². The van der Waals surface area contributed by atoms with Crippen molar-refractivity contribution in [3.05, 3.63) is 64.2 Å². The van der Waals surface area contributed by atoms with E-state index in [-0.39, 0.29) is 16.4 Å². The molecule has 0 radical (unpaired) electrons. The Balaban J connectivity index is 2.09. The largest absolute Gasteiger partial charge is 0.507 e. The molecule has 176 valence electrons. The lowest BCUT2D eigenvalue weighted by Gasteiger charge is -2.26. The Morgan fingerprint density at radius 3 is 2.42 bits per heavy atom. The number of Topliss-reactive ketones (excluding diaryl/α,β-unsaturated/α-hetero) is 1. The summed E-state index contributed by atoms with van der Waals surface area (Å²) in [6.45, 7) is 3.52. The van der Waals surface area contributed by atoms with Gasteiger partial charge in [-0.1, -0.05) is 30.7 Å². The van der Waals surface area contributed by atoms with Crippen LogP contribution in [0.25, 0.3) is 5.76 Å². The number of hydrogen-bond donors (Lipinski definition) is 1. The van der Waals surface area contributed by atoms with Crippen LogP contribution in [0.2, 0.25) is 5.02 Å². The standard InChI is InChI=1S/C25H29ClN2O5/c1-5-14-33-18-9-6-16(7-10-18)22-21(24(30)25(31)28(22)13-12-27(2)3)23(29)17-8-11-20(32-4)19(26)15-17/h6-11,15,22,29H,5,12-14H2,1-4H3/b23-21-. The van der Waals surface area contributed by atoms with Gasteiger partial charge >= 0.3 is 0 Å². The molecule has 1 aliphatic heterocycles. The predicted molar refractivity (Wildman–Crippen MR) is 128 cm³/mol. The van der Waals surface area contributed by atoms with Gasteiger partial charge in [0.25, 0.3) is 11.7 Å². The number of nitrogens with zero attached hydrogens (tertiary/aromatic N) is 2. The fraction of sp³-hybridized carbons (Fsp3) is 0.360. The number of aliphatic hydroxyl groups is 1. The average Bonchev–Trinajstić information content (AvgIpc) is 3.06. The minimum absolute atomic E-state index is 0.0298. The van der Waals surface area contributed by atoms with E-state index in [4.69, 9.17) is 21.1 Å². The topological polar surface area (TPSA) is 79.3 Å². The number of carbonyl (C=O) groups is 2. The van der Waals surface area contributed by atoms with Gasteiger partial charge in [-0.05, 0) is 56.4 Å². The Hall–Kier alpha value is -3.03. The Bertz CT molecular complexity index is 1050. The summed E-state index contributed by atoms with van der Waals surface area (Å²) in [5.74, 6) is -0.503. The molecular weight excluding hydrogens is 444 g/mol. The zero-order valence-electron chi connectivity index (χ0n) is 19.3. The van der Waals surface area contributed by atoms with Crippen molar-refractivity contribution in [2.75, 3.05) is 40.9 Å². The first kappa shape index (κ1) is 24.6. The number of ether oxygens (including phenoxy) is 2. The highest BCUT2D eigenvalue weighted by Crippen LogP contribution is 2.40. The van der Waals surface area contributed by atoms with Gasteiger partial charge in [-0.15, -0.1) is 0 Å². The number of rotatable bonds is 9. The maximum absolute atomic E-state index is 13.1. The molecule has 3 rings (SSSR count). The van der Waals surface area contributed by atoms with Crippen molar-refractivity contribution in [1.29, 1.82) is 0 Å². The van der Waals surface area contributed by atoms with Crippen LogP contribution in [0.5, 0.6) is 11.5 Å². The summed E-state index contributed by atoms with van der Waals surface area (Å²) in [5, 5.41) is 11.4. The van der Waals surface area contributed by atoms with Crippen molar-refractivity contribution in [3.63, 3.8) is 0 Å². The lowest BCUT2D eigenvalue weighted by Crippen LogP contribution is -2.35. The van der Waals surface area contributed by atoms with Gasteiger partial charge in [0.05, 0.1) is 30.4 Å². The molecule has 1 N–H and O–H groups in total. The zero-order chi connectivity index (χ0) is 24.1. The number of likely N-dealkylation sites (N-methyl/N-ethyl adjacent to an activating group) is 1. The van der Waals surface area contributed by atoms with Crippen molar-refractivity contribution in [2.45, 2.75) is 19.4 Å². The monoisotopic (exact) mass is 472 g/mol. The van der Waals surface area contributed by atoms with Crippen LogP contribution in [0.4, 0.5) is 0 Å². The molecule has 1 heterocycles. The van der Waals surface area contributed by atoms with Crippen LogP contribution in [-0.2, 0) is 9.59 Å². The molecule has 1 amide bonds. The second-order valence-corrected chi connectivity index (χ2v) is 8.47. The summed E-state index contributed by atoms with van der Waals surface area (Å²) < 4.78 is 10.8. The number of amides is 1. The molecule has 33 heavy (non-hydrogen) atoms. The van der Waals surface area contributed by atoms with Crippen molar-refractivity contribution in [2.24, 2.45) is 0 Å². The van der Waals surface area contributed by atoms with E-state index in [1.807, 2.05) is 38.1 Å². The first-order valence-corrected chi connectivity index (χ1v) is 11.2. The van der Waals surface area contributed by atoms with Crippen LogP contribution < -0.4 is 9.47 Å². The Kier molecular flexibility index (Phi) is 8.00. The van der Waals surface area contributed by atoms with Gasteiger partial charge in [-0.25, -0.2) is 0 Å². The lowest BCUT2D eigenvalue weighted by atomic mass is 9.95. The minimum Gasteiger partial charge on any atom is -0.507 e. The van der Waals surface area contributed by atoms with Gasteiger partial charge in [-0.2, -0.15) is 0 Å². The number of aliphatic hydroxyl groups excluding tert-OH is 1. The molecule has 0 bridgehead atoms. The van der Waals surface area contributed by atoms with Gasteiger partial charge in [-0.3, -0.25) is 9.59 Å². The van der Waals surface area contributed by atoms with Gasteiger partial charge in [0.1, 0.15) is 17.3 Å². The molecule has 0 aromatic heterocycles. The number of likely N-dealkylation sites (tertiary alicyclic amines) is 1. The molecule has 1 saturated heterocycles. The van der Waals surface area contributed by atoms with Crippen LogP contribution in [0.1, 0.15) is 30.5 Å². The maximum Gasteiger partial charge on any atom is 0.295 e. The van der Waals surface area contributed by atoms with Crippen LogP contribution in [0.3, 0.4) is 0 Å². The van der Waals surface area contributed by atoms with Crippen LogP contribution >= 0.6 is 11.6 Å². The van der Waals surface area contributed by atoms with Crippen molar-refractivity contribution >= 4 is 29.1 Å². The van der Waals surface area contributed by atoms with E-state index in [1.54, 1.807) is 24.3 Å². The molecular formula is C25H29ClN2O5. The first-order chi connectivity index (χ1) is 15.8. The molecule has 7 nitrogen and oxygen atoms in total. The molecule has 1 aliphatic rings. The van der Waals surface area contributed by atoms with E-state index in [2.05, 4.69) is 0 Å². The van der Waals surface area contributed by atoms with E-state index in [0.29, 0.717) is 42.3 Å². The van der Waals surface area contributed by atoms with E-state index in [0.717, 1.165) is 6.42 Å².